The second kappa shape index (κ2) is 12.4. The summed E-state index contributed by atoms with van der Waals surface area (Å²) in [7, 11) is -3.79. The summed E-state index contributed by atoms with van der Waals surface area (Å²) in [6.07, 6.45) is 14.8. The zero-order chi connectivity index (χ0) is 21.8. The van der Waals surface area contributed by atoms with Crippen molar-refractivity contribution in [1.29, 1.82) is 5.26 Å². The standard InChI is InChI=1S/C22H32N4O3S/c23-16-18(22(27)26-20-12-14-21(15-13-20)30(24,28)29)17-25-19-10-8-6-4-2-1-3-5-7-9-11-19/h12-15,17,19,25H,1-11H2,(H,26,27)(H2,24,28,29)/b18-17-. The molecule has 1 aliphatic rings. The van der Waals surface area contributed by atoms with Crippen LogP contribution in [0.15, 0.2) is 40.9 Å². The molecule has 0 atom stereocenters. The molecule has 0 saturated heterocycles. The number of hydrogen-bond donors (Lipinski definition) is 3. The van der Waals surface area contributed by atoms with E-state index in [0.717, 1.165) is 25.7 Å². The highest BCUT2D eigenvalue weighted by Gasteiger charge is 2.13. The molecule has 1 amide bonds. The number of nitrogens with one attached hydrogen (secondary N) is 2. The molecule has 7 nitrogen and oxygen atoms in total. The van der Waals surface area contributed by atoms with Crippen molar-refractivity contribution < 1.29 is 13.2 Å². The first kappa shape index (κ1) is 23.9. The van der Waals surface area contributed by atoms with E-state index in [1.165, 1.54) is 75.4 Å². The number of anilines is 1. The average molecular weight is 433 g/mol. The summed E-state index contributed by atoms with van der Waals surface area (Å²) in [6, 6.07) is 7.69. The van der Waals surface area contributed by atoms with Gasteiger partial charge in [-0.15, -0.1) is 0 Å². The maximum absolute atomic E-state index is 12.4. The molecule has 0 radical (unpaired) electrons. The average Bonchev–Trinajstić information content (AvgIpc) is 2.69. The Morgan fingerprint density at radius 1 is 0.967 bits per heavy atom. The van der Waals surface area contributed by atoms with Gasteiger partial charge in [-0.05, 0) is 37.1 Å². The van der Waals surface area contributed by atoms with E-state index < -0.39 is 15.9 Å². The van der Waals surface area contributed by atoms with E-state index in [-0.39, 0.29) is 16.5 Å². The Morgan fingerprint density at radius 3 is 1.93 bits per heavy atom. The van der Waals surface area contributed by atoms with Gasteiger partial charge >= 0.3 is 0 Å². The number of nitrogens with two attached hydrogens (primary N) is 1. The Hall–Kier alpha value is -2.37. The zero-order valence-electron chi connectivity index (χ0n) is 17.4. The van der Waals surface area contributed by atoms with Crippen LogP contribution in [0.5, 0.6) is 0 Å². The molecule has 0 aliphatic heterocycles. The number of hydrogen-bond acceptors (Lipinski definition) is 5. The smallest absolute Gasteiger partial charge is 0.267 e. The van der Waals surface area contributed by atoms with E-state index in [1.54, 1.807) is 0 Å². The number of nitriles is 1. The van der Waals surface area contributed by atoms with Gasteiger partial charge in [-0.3, -0.25) is 4.79 Å². The fourth-order valence-electron chi connectivity index (χ4n) is 3.61. The van der Waals surface area contributed by atoms with Crippen molar-refractivity contribution in [3.05, 3.63) is 36.0 Å². The molecule has 30 heavy (non-hydrogen) atoms. The molecule has 1 fully saturated rings. The van der Waals surface area contributed by atoms with Crippen LogP contribution >= 0.6 is 0 Å². The van der Waals surface area contributed by atoms with Gasteiger partial charge in [-0.25, -0.2) is 13.6 Å². The van der Waals surface area contributed by atoms with Gasteiger partial charge in [-0.1, -0.05) is 57.8 Å². The van der Waals surface area contributed by atoms with E-state index >= 15 is 0 Å². The van der Waals surface area contributed by atoms with Crippen molar-refractivity contribution in [2.45, 2.75) is 81.6 Å². The van der Waals surface area contributed by atoms with Crippen molar-refractivity contribution >= 4 is 21.6 Å². The number of sulfonamides is 1. The number of carbonyl (C=O) groups is 1. The van der Waals surface area contributed by atoms with E-state index in [1.807, 2.05) is 6.07 Å². The highest BCUT2D eigenvalue weighted by molar-refractivity contribution is 7.89. The van der Waals surface area contributed by atoms with Gasteiger partial charge < -0.3 is 10.6 Å². The van der Waals surface area contributed by atoms with Gasteiger partial charge in [-0.2, -0.15) is 5.26 Å². The molecule has 8 heteroatoms. The third-order valence-corrected chi connectivity index (χ3v) is 6.30. The van der Waals surface area contributed by atoms with Gasteiger partial charge in [0, 0.05) is 17.9 Å². The summed E-state index contributed by atoms with van der Waals surface area (Å²) in [5.41, 5.74) is 0.371. The maximum Gasteiger partial charge on any atom is 0.267 e. The van der Waals surface area contributed by atoms with Crippen LogP contribution in [0.4, 0.5) is 5.69 Å². The van der Waals surface area contributed by atoms with Crippen LogP contribution in [-0.4, -0.2) is 20.4 Å². The largest absolute Gasteiger partial charge is 0.387 e. The van der Waals surface area contributed by atoms with Crippen LogP contribution in [0.25, 0.3) is 0 Å². The molecule has 1 saturated carbocycles. The molecular formula is C22H32N4O3S. The quantitative estimate of drug-likeness (QED) is 0.480. The summed E-state index contributed by atoms with van der Waals surface area (Å²) < 4.78 is 22.6. The van der Waals surface area contributed by atoms with Gasteiger partial charge in [0.25, 0.3) is 5.91 Å². The minimum absolute atomic E-state index is 0.0170. The number of benzene rings is 1. The molecule has 1 aliphatic carbocycles. The summed E-state index contributed by atoms with van der Waals surface area (Å²) >= 11 is 0. The Balaban J connectivity index is 1.95. The fraction of sp³-hybridized carbons (Fsp3) is 0.545. The molecule has 164 valence electrons. The molecule has 4 N–H and O–H groups in total. The summed E-state index contributed by atoms with van der Waals surface area (Å²) in [5, 5.41) is 20.3. The van der Waals surface area contributed by atoms with E-state index in [4.69, 9.17) is 5.14 Å². The van der Waals surface area contributed by atoms with Crippen LogP contribution in [0.1, 0.15) is 70.6 Å². The first-order valence-electron chi connectivity index (χ1n) is 10.7. The van der Waals surface area contributed by atoms with Crippen molar-refractivity contribution in [2.75, 3.05) is 5.32 Å². The highest BCUT2D eigenvalue weighted by atomic mass is 32.2. The number of carbonyl (C=O) groups excluding carboxylic acids is 1. The number of amides is 1. The summed E-state index contributed by atoms with van der Waals surface area (Å²) in [5.74, 6) is -0.540. The van der Waals surface area contributed by atoms with Crippen LogP contribution in [-0.2, 0) is 14.8 Å². The minimum atomic E-state index is -3.79. The molecule has 1 aromatic rings. The molecule has 0 spiro atoms. The monoisotopic (exact) mass is 432 g/mol. The maximum atomic E-state index is 12.4. The predicted octanol–water partition coefficient (Wildman–Crippen LogP) is 3.94. The molecule has 0 heterocycles. The lowest BCUT2D eigenvalue weighted by atomic mass is 9.98. The topological polar surface area (TPSA) is 125 Å². The molecule has 0 bridgehead atoms. The van der Waals surface area contributed by atoms with Crippen molar-refractivity contribution in [1.82, 2.24) is 5.32 Å². The third-order valence-electron chi connectivity index (χ3n) is 5.37. The van der Waals surface area contributed by atoms with Crippen molar-refractivity contribution in [2.24, 2.45) is 5.14 Å². The molecular weight excluding hydrogens is 400 g/mol. The van der Waals surface area contributed by atoms with Gasteiger partial charge in [0.05, 0.1) is 4.90 Å². The predicted molar refractivity (Wildman–Crippen MR) is 118 cm³/mol. The molecule has 0 unspecified atom stereocenters. The number of primary sulfonamides is 1. The Kier molecular flexibility index (Phi) is 9.84. The van der Waals surface area contributed by atoms with Crippen molar-refractivity contribution in [3.8, 4) is 6.07 Å². The van der Waals surface area contributed by atoms with Crippen LogP contribution in [0.3, 0.4) is 0 Å². The first-order chi connectivity index (χ1) is 14.4. The number of nitrogens with zero attached hydrogens (tertiary/aromatic N) is 1. The molecule has 0 aromatic heterocycles. The lowest BCUT2D eigenvalue weighted by Gasteiger charge is -2.18. The summed E-state index contributed by atoms with van der Waals surface area (Å²) in [6.45, 7) is 0. The fourth-order valence-corrected chi connectivity index (χ4v) is 4.12. The Morgan fingerprint density at radius 2 is 1.47 bits per heavy atom. The molecule has 2 rings (SSSR count). The molecule has 1 aromatic carbocycles. The summed E-state index contributed by atoms with van der Waals surface area (Å²) in [4.78, 5) is 12.4. The van der Waals surface area contributed by atoms with E-state index in [9.17, 15) is 18.5 Å². The van der Waals surface area contributed by atoms with Crippen LogP contribution in [0, 0.1) is 11.3 Å². The van der Waals surface area contributed by atoms with E-state index in [2.05, 4.69) is 10.6 Å². The lowest BCUT2D eigenvalue weighted by Crippen LogP contribution is -2.26. The second-order valence-electron chi connectivity index (χ2n) is 7.82. The third kappa shape index (κ3) is 8.56. The SMILES string of the molecule is N#C/C(=C/NC1CCCCCCCCCCC1)C(=O)Nc1ccc(S(N)(=O)=O)cc1. The Labute approximate surface area is 179 Å². The number of rotatable bonds is 5. The second-order valence-corrected chi connectivity index (χ2v) is 9.38. The minimum Gasteiger partial charge on any atom is -0.387 e. The van der Waals surface area contributed by atoms with Gasteiger partial charge in [0.15, 0.2) is 0 Å². The lowest BCUT2D eigenvalue weighted by molar-refractivity contribution is -0.112. The van der Waals surface area contributed by atoms with Crippen LogP contribution < -0.4 is 15.8 Å². The van der Waals surface area contributed by atoms with Gasteiger partial charge in [0.1, 0.15) is 11.6 Å². The zero-order valence-corrected chi connectivity index (χ0v) is 18.2. The normalized spacial score (nSPS) is 17.8. The Bertz CT molecular complexity index is 845. The van der Waals surface area contributed by atoms with E-state index in [0.29, 0.717) is 5.69 Å². The van der Waals surface area contributed by atoms with Crippen LogP contribution in [0.2, 0.25) is 0 Å². The highest BCUT2D eigenvalue weighted by Crippen LogP contribution is 2.17. The van der Waals surface area contributed by atoms with Crippen molar-refractivity contribution in [3.63, 3.8) is 0 Å². The first-order valence-corrected chi connectivity index (χ1v) is 12.3. The van der Waals surface area contributed by atoms with Gasteiger partial charge in [0.2, 0.25) is 10.0 Å².